The molecule has 1 aliphatic rings. The first-order valence-corrected chi connectivity index (χ1v) is 12.4. The van der Waals surface area contributed by atoms with E-state index in [0.29, 0.717) is 6.61 Å². The fraction of sp³-hybridized carbons (Fsp3) is 0.429. The van der Waals surface area contributed by atoms with Crippen LogP contribution in [0.15, 0.2) is 53.5 Å². The molecule has 1 aliphatic carbocycles. The Balaban J connectivity index is 1.50. The van der Waals surface area contributed by atoms with Crippen molar-refractivity contribution in [2.75, 3.05) is 34.4 Å². The molecule has 0 aliphatic heterocycles. The SMILES string of the molecule is COC1CCC(n2c(=O)n(C)c3cnc4ccc(-c5ccc(OCCCN(C)C)cc5)cc4c32)C1. The smallest absolute Gasteiger partial charge is 0.329 e. The van der Waals surface area contributed by atoms with E-state index in [-0.39, 0.29) is 17.8 Å². The van der Waals surface area contributed by atoms with E-state index in [4.69, 9.17) is 9.47 Å². The number of methoxy groups -OCH3 is 1. The van der Waals surface area contributed by atoms with Gasteiger partial charge in [-0.1, -0.05) is 18.2 Å². The molecular weight excluding hydrogens is 440 g/mol. The maximum atomic E-state index is 13.3. The highest BCUT2D eigenvalue weighted by Crippen LogP contribution is 2.36. The molecule has 5 rings (SSSR count). The molecule has 0 radical (unpaired) electrons. The standard InChI is InChI=1S/C28H34N4O3/c1-30(2)14-5-15-35-22-10-6-19(7-11-22)20-8-13-25-24(16-20)27-26(18-29-25)31(3)28(33)32(27)21-9-12-23(17-21)34-4/h6-8,10-11,13,16,18,21,23H,5,9,12,14-15,17H2,1-4H3. The van der Waals surface area contributed by atoms with Crippen molar-refractivity contribution in [1.82, 2.24) is 19.0 Å². The second-order valence-corrected chi connectivity index (χ2v) is 9.79. The predicted molar refractivity (Wildman–Crippen MR) is 140 cm³/mol. The average molecular weight is 475 g/mol. The lowest BCUT2D eigenvalue weighted by Crippen LogP contribution is -2.25. The molecule has 0 N–H and O–H groups in total. The summed E-state index contributed by atoms with van der Waals surface area (Å²) in [6.45, 7) is 1.71. The van der Waals surface area contributed by atoms with Crippen molar-refractivity contribution < 1.29 is 9.47 Å². The summed E-state index contributed by atoms with van der Waals surface area (Å²) in [6, 6.07) is 14.7. The van der Waals surface area contributed by atoms with Gasteiger partial charge in [0.05, 0.1) is 35.5 Å². The van der Waals surface area contributed by atoms with Crippen molar-refractivity contribution >= 4 is 21.9 Å². The lowest BCUT2D eigenvalue weighted by molar-refractivity contribution is 0.106. The number of ether oxygens (including phenoxy) is 2. The Morgan fingerprint density at radius 1 is 1.09 bits per heavy atom. The van der Waals surface area contributed by atoms with Crippen LogP contribution in [0.25, 0.3) is 33.1 Å². The first-order valence-electron chi connectivity index (χ1n) is 12.4. The Hall–Kier alpha value is -3.16. The van der Waals surface area contributed by atoms with Crippen molar-refractivity contribution in [3.63, 3.8) is 0 Å². The van der Waals surface area contributed by atoms with Crippen LogP contribution in [0.5, 0.6) is 5.75 Å². The predicted octanol–water partition coefficient (Wildman–Crippen LogP) is 4.63. The molecule has 1 fully saturated rings. The van der Waals surface area contributed by atoms with Gasteiger partial charge in [0.25, 0.3) is 0 Å². The lowest BCUT2D eigenvalue weighted by Gasteiger charge is -2.14. The number of aryl methyl sites for hydroxylation is 1. The minimum Gasteiger partial charge on any atom is -0.494 e. The monoisotopic (exact) mass is 474 g/mol. The van der Waals surface area contributed by atoms with E-state index < -0.39 is 0 Å². The molecule has 184 valence electrons. The van der Waals surface area contributed by atoms with Gasteiger partial charge in [0.2, 0.25) is 0 Å². The van der Waals surface area contributed by atoms with Crippen molar-refractivity contribution in [1.29, 1.82) is 0 Å². The van der Waals surface area contributed by atoms with Gasteiger partial charge >= 0.3 is 5.69 Å². The van der Waals surface area contributed by atoms with Crippen molar-refractivity contribution in [3.8, 4) is 16.9 Å². The van der Waals surface area contributed by atoms with Crippen molar-refractivity contribution in [3.05, 3.63) is 59.1 Å². The average Bonchev–Trinajstić information content (AvgIpc) is 3.44. The van der Waals surface area contributed by atoms with Crippen LogP contribution in [0.1, 0.15) is 31.7 Å². The normalized spacial score (nSPS) is 18.2. The van der Waals surface area contributed by atoms with E-state index in [1.54, 1.807) is 11.7 Å². The van der Waals surface area contributed by atoms with Crippen LogP contribution in [0.3, 0.4) is 0 Å². The molecule has 35 heavy (non-hydrogen) atoms. The summed E-state index contributed by atoms with van der Waals surface area (Å²) in [4.78, 5) is 20.1. The van der Waals surface area contributed by atoms with Gasteiger partial charge in [0.1, 0.15) is 5.75 Å². The minimum absolute atomic E-state index is 0.0113. The Labute approximate surface area is 205 Å². The first kappa shape index (κ1) is 23.6. The van der Waals surface area contributed by atoms with Gasteiger partial charge in [0.15, 0.2) is 0 Å². The van der Waals surface area contributed by atoms with Gasteiger partial charge in [-0.15, -0.1) is 0 Å². The summed E-state index contributed by atoms with van der Waals surface area (Å²) in [7, 11) is 7.73. The Morgan fingerprint density at radius 3 is 2.57 bits per heavy atom. The molecule has 4 aromatic rings. The number of pyridine rings is 1. The number of nitrogens with zero attached hydrogens (tertiary/aromatic N) is 4. The molecule has 2 aromatic carbocycles. The van der Waals surface area contributed by atoms with Crippen LogP contribution in [-0.2, 0) is 11.8 Å². The Kier molecular flexibility index (Phi) is 6.62. The highest BCUT2D eigenvalue weighted by Gasteiger charge is 2.29. The zero-order chi connectivity index (χ0) is 24.5. The maximum absolute atomic E-state index is 13.3. The van der Waals surface area contributed by atoms with E-state index in [9.17, 15) is 4.79 Å². The van der Waals surface area contributed by atoms with E-state index in [1.807, 2.05) is 36.0 Å². The molecule has 2 atom stereocenters. The molecule has 1 saturated carbocycles. The number of benzene rings is 2. The second kappa shape index (κ2) is 9.84. The van der Waals surface area contributed by atoms with Crippen LogP contribution in [0, 0.1) is 0 Å². The third kappa shape index (κ3) is 4.58. The van der Waals surface area contributed by atoms with Gasteiger partial charge in [0, 0.05) is 32.1 Å². The van der Waals surface area contributed by atoms with Crippen LogP contribution < -0.4 is 10.4 Å². The van der Waals surface area contributed by atoms with Crippen molar-refractivity contribution in [2.45, 2.75) is 37.8 Å². The van der Waals surface area contributed by atoms with Gasteiger partial charge in [-0.2, -0.15) is 0 Å². The highest BCUT2D eigenvalue weighted by atomic mass is 16.5. The maximum Gasteiger partial charge on any atom is 0.329 e. The number of fused-ring (bicyclic) bond motifs is 3. The minimum atomic E-state index is 0.0113. The molecule has 2 unspecified atom stereocenters. The van der Waals surface area contributed by atoms with Crippen molar-refractivity contribution in [2.24, 2.45) is 7.05 Å². The molecule has 0 saturated heterocycles. The van der Waals surface area contributed by atoms with E-state index in [1.165, 1.54) is 0 Å². The third-order valence-electron chi connectivity index (χ3n) is 7.18. The topological polar surface area (TPSA) is 61.5 Å². The lowest BCUT2D eigenvalue weighted by atomic mass is 10.0. The number of aromatic nitrogens is 3. The van der Waals surface area contributed by atoms with E-state index in [0.717, 1.165) is 71.0 Å². The Morgan fingerprint density at radius 2 is 1.86 bits per heavy atom. The summed E-state index contributed by atoms with van der Waals surface area (Å²) in [6.07, 6.45) is 5.79. The fourth-order valence-electron chi connectivity index (χ4n) is 5.23. The number of hydrogen-bond donors (Lipinski definition) is 0. The highest BCUT2D eigenvalue weighted by molar-refractivity contribution is 6.04. The molecule has 7 heteroatoms. The molecule has 2 aromatic heterocycles. The summed E-state index contributed by atoms with van der Waals surface area (Å²) in [5.41, 5.74) is 4.93. The summed E-state index contributed by atoms with van der Waals surface area (Å²) < 4.78 is 15.2. The molecule has 0 bridgehead atoms. The van der Waals surface area contributed by atoms with Gasteiger partial charge in [-0.3, -0.25) is 14.1 Å². The van der Waals surface area contributed by atoms with E-state index in [2.05, 4.69) is 48.2 Å². The van der Waals surface area contributed by atoms with Crippen LogP contribution >= 0.6 is 0 Å². The largest absolute Gasteiger partial charge is 0.494 e. The fourth-order valence-corrected chi connectivity index (χ4v) is 5.23. The second-order valence-electron chi connectivity index (χ2n) is 9.79. The van der Waals surface area contributed by atoms with Crippen LogP contribution in [-0.4, -0.2) is 59.5 Å². The van der Waals surface area contributed by atoms with Gasteiger partial charge in [-0.05, 0) is 75.2 Å². The van der Waals surface area contributed by atoms with Crippen LogP contribution in [0.2, 0.25) is 0 Å². The zero-order valence-corrected chi connectivity index (χ0v) is 21.0. The van der Waals surface area contributed by atoms with Gasteiger partial charge in [-0.25, -0.2) is 4.79 Å². The summed E-state index contributed by atoms with van der Waals surface area (Å²) in [5.74, 6) is 0.878. The molecule has 0 amide bonds. The molecule has 2 heterocycles. The Bertz CT molecular complexity index is 1390. The number of imidazole rings is 1. The number of hydrogen-bond acceptors (Lipinski definition) is 5. The third-order valence-corrected chi connectivity index (χ3v) is 7.18. The first-order chi connectivity index (χ1) is 17.0. The quantitative estimate of drug-likeness (QED) is 0.349. The molecule has 0 spiro atoms. The summed E-state index contributed by atoms with van der Waals surface area (Å²) >= 11 is 0. The summed E-state index contributed by atoms with van der Waals surface area (Å²) in [5, 5.41) is 1.00. The molecule has 7 nitrogen and oxygen atoms in total. The van der Waals surface area contributed by atoms with Crippen LogP contribution in [0.4, 0.5) is 0 Å². The van der Waals surface area contributed by atoms with E-state index >= 15 is 0 Å². The molecular formula is C28H34N4O3. The van der Waals surface area contributed by atoms with Gasteiger partial charge < -0.3 is 14.4 Å². The zero-order valence-electron chi connectivity index (χ0n) is 21.0. The number of rotatable bonds is 8.